The van der Waals surface area contributed by atoms with Crippen LogP contribution in [-0.4, -0.2) is 28.2 Å². The number of anilines is 1. The fourth-order valence-electron chi connectivity index (χ4n) is 2.04. The van der Waals surface area contributed by atoms with Gasteiger partial charge in [-0.1, -0.05) is 5.16 Å². The molecule has 0 bridgehead atoms. The molecule has 0 aromatic carbocycles. The summed E-state index contributed by atoms with van der Waals surface area (Å²) in [6.45, 7) is 2.71. The lowest BCUT2D eigenvalue weighted by Gasteiger charge is -2.01. The minimum absolute atomic E-state index is 0.0209. The van der Waals surface area contributed by atoms with Crippen molar-refractivity contribution in [2.45, 2.75) is 25.9 Å². The normalized spacial score (nSPS) is 19.3. The van der Waals surface area contributed by atoms with Crippen molar-refractivity contribution in [1.82, 2.24) is 14.5 Å². The predicted octanol–water partition coefficient (Wildman–Crippen LogP) is 2.39. The van der Waals surface area contributed by atoms with Gasteiger partial charge in [-0.2, -0.15) is 9.36 Å². The van der Waals surface area contributed by atoms with E-state index in [0.717, 1.165) is 35.7 Å². The molecule has 1 unspecified atom stereocenters. The van der Waals surface area contributed by atoms with E-state index in [1.165, 1.54) is 11.5 Å². The smallest absolute Gasteiger partial charge is 0.262 e. The number of aryl methyl sites for hydroxylation is 1. The molecule has 18 heavy (non-hydrogen) atoms. The first kappa shape index (κ1) is 11.6. The molecule has 1 atom stereocenters. The summed E-state index contributed by atoms with van der Waals surface area (Å²) in [6.07, 6.45) is 1.99. The van der Waals surface area contributed by atoms with Crippen molar-refractivity contribution in [2.75, 3.05) is 19.0 Å². The van der Waals surface area contributed by atoms with Crippen LogP contribution < -0.4 is 5.32 Å². The minimum Gasteiger partial charge on any atom is -0.378 e. The van der Waals surface area contributed by atoms with Crippen LogP contribution in [-0.2, 0) is 4.74 Å². The second kappa shape index (κ2) is 4.66. The third-order valence-corrected chi connectivity index (χ3v) is 3.92. The number of nitrogens with one attached hydrogen (secondary N) is 1. The Morgan fingerprint density at radius 3 is 3.06 bits per heavy atom. The third-order valence-electron chi connectivity index (χ3n) is 2.96. The Morgan fingerprint density at radius 1 is 1.44 bits per heavy atom. The van der Waals surface area contributed by atoms with Gasteiger partial charge in [0.1, 0.15) is 11.1 Å². The van der Waals surface area contributed by atoms with E-state index in [1.807, 2.05) is 14.0 Å². The first-order valence-electron chi connectivity index (χ1n) is 5.89. The lowest BCUT2D eigenvalue weighted by atomic mass is 10.2. The van der Waals surface area contributed by atoms with Crippen molar-refractivity contribution in [1.29, 1.82) is 0 Å². The van der Waals surface area contributed by atoms with E-state index in [1.54, 1.807) is 0 Å². The molecule has 0 saturated carbocycles. The highest BCUT2D eigenvalue weighted by atomic mass is 32.1. The molecule has 3 heterocycles. The van der Waals surface area contributed by atoms with Gasteiger partial charge in [-0.3, -0.25) is 0 Å². The van der Waals surface area contributed by atoms with Gasteiger partial charge >= 0.3 is 0 Å². The van der Waals surface area contributed by atoms with Gasteiger partial charge in [0.05, 0.1) is 11.3 Å². The summed E-state index contributed by atoms with van der Waals surface area (Å²) in [6, 6.07) is 0. The Labute approximate surface area is 109 Å². The summed E-state index contributed by atoms with van der Waals surface area (Å²) in [5.41, 5.74) is 1.78. The van der Waals surface area contributed by atoms with Crippen molar-refractivity contribution in [3.63, 3.8) is 0 Å². The van der Waals surface area contributed by atoms with Crippen LogP contribution in [0.3, 0.4) is 0 Å². The summed E-state index contributed by atoms with van der Waals surface area (Å²) < 4.78 is 15.2. The van der Waals surface area contributed by atoms with Gasteiger partial charge in [0.2, 0.25) is 5.82 Å². The highest BCUT2D eigenvalue weighted by Crippen LogP contribution is 2.35. The molecule has 2 aromatic heterocycles. The number of rotatable bonds is 3. The molecule has 1 saturated heterocycles. The zero-order valence-corrected chi connectivity index (χ0v) is 11.1. The van der Waals surface area contributed by atoms with Crippen LogP contribution in [0.4, 0.5) is 5.00 Å². The van der Waals surface area contributed by atoms with Crippen molar-refractivity contribution in [2.24, 2.45) is 0 Å². The Kier molecular flexibility index (Phi) is 3.00. The molecule has 6 nitrogen and oxygen atoms in total. The number of nitrogens with zero attached hydrogens (tertiary/aromatic N) is 3. The monoisotopic (exact) mass is 266 g/mol. The van der Waals surface area contributed by atoms with E-state index in [4.69, 9.17) is 9.26 Å². The van der Waals surface area contributed by atoms with Gasteiger partial charge in [-0.05, 0) is 31.3 Å². The Morgan fingerprint density at radius 2 is 2.33 bits per heavy atom. The highest BCUT2D eigenvalue weighted by Gasteiger charge is 2.25. The maximum atomic E-state index is 5.54. The second-order valence-electron chi connectivity index (χ2n) is 4.18. The Bertz CT molecular complexity index is 545. The number of ether oxygens (including phenoxy) is 1. The second-order valence-corrected chi connectivity index (χ2v) is 4.95. The molecule has 1 aliphatic rings. The van der Waals surface area contributed by atoms with E-state index in [9.17, 15) is 0 Å². The van der Waals surface area contributed by atoms with Crippen molar-refractivity contribution in [3.8, 4) is 11.5 Å². The van der Waals surface area contributed by atoms with Crippen LogP contribution >= 0.6 is 11.5 Å². The van der Waals surface area contributed by atoms with Crippen molar-refractivity contribution < 1.29 is 9.26 Å². The molecule has 3 rings (SSSR count). The van der Waals surface area contributed by atoms with Gasteiger partial charge in [0.25, 0.3) is 5.89 Å². The van der Waals surface area contributed by atoms with Crippen LogP contribution in [0.25, 0.3) is 11.5 Å². The van der Waals surface area contributed by atoms with Gasteiger partial charge in [-0.25, -0.2) is 0 Å². The molecule has 0 radical (unpaired) electrons. The van der Waals surface area contributed by atoms with Gasteiger partial charge in [0.15, 0.2) is 0 Å². The van der Waals surface area contributed by atoms with Crippen LogP contribution in [0.5, 0.6) is 0 Å². The van der Waals surface area contributed by atoms with Crippen LogP contribution in [0.15, 0.2) is 4.52 Å². The average molecular weight is 266 g/mol. The first-order valence-corrected chi connectivity index (χ1v) is 6.66. The molecule has 1 N–H and O–H groups in total. The molecule has 7 heteroatoms. The predicted molar refractivity (Wildman–Crippen MR) is 67.6 cm³/mol. The first-order chi connectivity index (χ1) is 8.79. The number of hydrogen-bond donors (Lipinski definition) is 1. The topological polar surface area (TPSA) is 73.1 Å². The number of hydrogen-bond acceptors (Lipinski definition) is 7. The van der Waals surface area contributed by atoms with E-state index in [2.05, 4.69) is 19.8 Å². The lowest BCUT2D eigenvalue weighted by Crippen LogP contribution is -1.98. The van der Waals surface area contributed by atoms with Crippen LogP contribution in [0.1, 0.15) is 30.5 Å². The van der Waals surface area contributed by atoms with Crippen LogP contribution in [0.2, 0.25) is 0 Å². The minimum atomic E-state index is -0.0209. The van der Waals surface area contributed by atoms with Gasteiger partial charge < -0.3 is 14.6 Å². The van der Waals surface area contributed by atoms with Crippen molar-refractivity contribution >= 4 is 16.5 Å². The van der Waals surface area contributed by atoms with E-state index < -0.39 is 0 Å². The summed E-state index contributed by atoms with van der Waals surface area (Å²) in [7, 11) is 1.85. The summed E-state index contributed by atoms with van der Waals surface area (Å²) in [5.74, 6) is 1.14. The zero-order chi connectivity index (χ0) is 12.5. The molecule has 2 aromatic rings. The molecule has 1 aliphatic heterocycles. The average Bonchev–Trinajstić information content (AvgIpc) is 3.07. The quantitative estimate of drug-likeness (QED) is 0.919. The fraction of sp³-hybridized carbons (Fsp3) is 0.545. The Hall–Kier alpha value is -1.47. The fourth-order valence-corrected chi connectivity index (χ4v) is 2.78. The molecular weight excluding hydrogens is 252 g/mol. The SMILES string of the molecule is CNc1snc(C)c1-c1nc(C2CCCO2)no1. The molecule has 96 valence electrons. The molecule has 1 fully saturated rings. The summed E-state index contributed by atoms with van der Waals surface area (Å²) in [5, 5.41) is 8.04. The lowest BCUT2D eigenvalue weighted by molar-refractivity contribution is 0.103. The van der Waals surface area contributed by atoms with E-state index in [0.29, 0.717) is 11.7 Å². The Balaban J connectivity index is 1.94. The van der Waals surface area contributed by atoms with E-state index in [-0.39, 0.29) is 6.10 Å². The molecule has 0 aliphatic carbocycles. The maximum Gasteiger partial charge on any atom is 0.262 e. The molecule has 0 amide bonds. The van der Waals surface area contributed by atoms with Gasteiger partial charge in [0, 0.05) is 13.7 Å². The standard InChI is InChI=1S/C11H14N4O2S/c1-6-8(11(12-2)18-15-6)10-13-9(14-17-10)7-4-3-5-16-7/h7,12H,3-5H2,1-2H3. The maximum absolute atomic E-state index is 5.54. The molecular formula is C11H14N4O2S. The van der Waals surface area contributed by atoms with Crippen molar-refractivity contribution in [3.05, 3.63) is 11.5 Å². The number of aromatic nitrogens is 3. The highest BCUT2D eigenvalue weighted by molar-refractivity contribution is 7.10. The zero-order valence-electron chi connectivity index (χ0n) is 10.3. The van der Waals surface area contributed by atoms with Crippen LogP contribution in [0, 0.1) is 6.92 Å². The third kappa shape index (κ3) is 1.89. The summed E-state index contributed by atoms with van der Waals surface area (Å²) >= 11 is 1.39. The largest absolute Gasteiger partial charge is 0.378 e. The van der Waals surface area contributed by atoms with E-state index >= 15 is 0 Å². The summed E-state index contributed by atoms with van der Waals surface area (Å²) in [4.78, 5) is 4.43. The molecule has 0 spiro atoms. The van der Waals surface area contributed by atoms with Gasteiger partial charge in [-0.15, -0.1) is 0 Å².